The lowest BCUT2D eigenvalue weighted by atomic mass is 10.1. The number of nitrogens with one attached hydrogen (secondary N) is 1. The van der Waals surface area contributed by atoms with Gasteiger partial charge in [-0.1, -0.05) is 11.3 Å². The zero-order valence-corrected chi connectivity index (χ0v) is 16.4. The van der Waals surface area contributed by atoms with E-state index in [-0.39, 0.29) is 5.91 Å². The summed E-state index contributed by atoms with van der Waals surface area (Å²) >= 11 is 1.44. The number of hydrogen-bond donors (Lipinski definition) is 1. The molecule has 1 aromatic heterocycles. The SMILES string of the molecule is CCOc1ccc2nc(NC(=O)CCc3cc(OC)cc(OC)c3)sc2c1. The van der Waals surface area contributed by atoms with Crippen LogP contribution >= 0.6 is 11.3 Å². The molecule has 3 aromatic rings. The lowest BCUT2D eigenvalue weighted by Gasteiger charge is -2.08. The lowest BCUT2D eigenvalue weighted by Crippen LogP contribution is -2.12. The van der Waals surface area contributed by atoms with Gasteiger partial charge in [0, 0.05) is 12.5 Å². The van der Waals surface area contributed by atoms with Crippen molar-refractivity contribution in [3.05, 3.63) is 42.0 Å². The zero-order chi connectivity index (χ0) is 19.2. The Labute approximate surface area is 162 Å². The van der Waals surface area contributed by atoms with E-state index in [9.17, 15) is 4.79 Å². The van der Waals surface area contributed by atoms with Gasteiger partial charge in [0.1, 0.15) is 17.2 Å². The monoisotopic (exact) mass is 386 g/mol. The second kappa shape index (κ2) is 8.73. The number of amides is 1. The number of benzene rings is 2. The standard InChI is InChI=1S/C20H22N2O4S/c1-4-26-14-6-7-17-18(12-14)27-20(21-17)22-19(23)8-5-13-9-15(24-2)11-16(10-13)25-3/h6-7,9-12H,4-5,8H2,1-3H3,(H,21,22,23). The van der Waals surface area contributed by atoms with Crippen LogP contribution in [0, 0.1) is 0 Å². The molecule has 0 saturated heterocycles. The predicted octanol–water partition coefficient (Wildman–Crippen LogP) is 4.28. The molecule has 0 atom stereocenters. The van der Waals surface area contributed by atoms with Crippen LogP contribution in [0.1, 0.15) is 18.9 Å². The van der Waals surface area contributed by atoms with Gasteiger partial charge in [0.25, 0.3) is 0 Å². The molecule has 0 unspecified atom stereocenters. The van der Waals surface area contributed by atoms with Crippen molar-refractivity contribution >= 4 is 32.6 Å². The van der Waals surface area contributed by atoms with Gasteiger partial charge in [0.15, 0.2) is 5.13 Å². The number of thiazole rings is 1. The summed E-state index contributed by atoms with van der Waals surface area (Å²) in [5.41, 5.74) is 1.82. The van der Waals surface area contributed by atoms with Gasteiger partial charge < -0.3 is 19.5 Å². The van der Waals surface area contributed by atoms with Crippen molar-refractivity contribution in [2.45, 2.75) is 19.8 Å². The molecule has 0 radical (unpaired) electrons. The Morgan fingerprint density at radius 1 is 1.07 bits per heavy atom. The molecule has 142 valence electrons. The summed E-state index contributed by atoms with van der Waals surface area (Å²) in [4.78, 5) is 16.8. The number of methoxy groups -OCH3 is 2. The Hall–Kier alpha value is -2.80. The van der Waals surface area contributed by atoms with Gasteiger partial charge in [-0.15, -0.1) is 0 Å². The number of aryl methyl sites for hydroxylation is 1. The molecule has 1 heterocycles. The molecular weight excluding hydrogens is 364 g/mol. The van der Waals surface area contributed by atoms with E-state index in [4.69, 9.17) is 14.2 Å². The summed E-state index contributed by atoms with van der Waals surface area (Å²) in [6.07, 6.45) is 0.926. The maximum absolute atomic E-state index is 12.3. The van der Waals surface area contributed by atoms with E-state index in [1.165, 1.54) is 11.3 Å². The number of aromatic nitrogens is 1. The highest BCUT2D eigenvalue weighted by Crippen LogP contribution is 2.29. The van der Waals surface area contributed by atoms with Crippen LogP contribution in [0.5, 0.6) is 17.2 Å². The van der Waals surface area contributed by atoms with Crippen LogP contribution in [-0.4, -0.2) is 31.7 Å². The molecular formula is C20H22N2O4S. The Bertz CT molecular complexity index is 917. The van der Waals surface area contributed by atoms with E-state index in [1.54, 1.807) is 20.3 Å². The third kappa shape index (κ3) is 4.89. The van der Waals surface area contributed by atoms with Crippen molar-refractivity contribution in [2.24, 2.45) is 0 Å². The van der Waals surface area contributed by atoms with Gasteiger partial charge in [0.05, 0.1) is 31.0 Å². The molecule has 0 bridgehead atoms. The van der Waals surface area contributed by atoms with E-state index in [0.29, 0.717) is 36.1 Å². The molecule has 6 nitrogen and oxygen atoms in total. The first-order valence-electron chi connectivity index (χ1n) is 8.66. The summed E-state index contributed by atoms with van der Waals surface area (Å²) < 4.78 is 17.0. The third-order valence-corrected chi connectivity index (χ3v) is 4.90. The van der Waals surface area contributed by atoms with E-state index in [2.05, 4.69) is 10.3 Å². The van der Waals surface area contributed by atoms with Gasteiger partial charge in [-0.3, -0.25) is 4.79 Å². The number of carbonyl (C=O) groups is 1. The van der Waals surface area contributed by atoms with Gasteiger partial charge in [-0.05, 0) is 49.2 Å². The number of hydrogen-bond acceptors (Lipinski definition) is 6. The molecule has 27 heavy (non-hydrogen) atoms. The van der Waals surface area contributed by atoms with Crippen molar-refractivity contribution in [3.63, 3.8) is 0 Å². The molecule has 0 aliphatic carbocycles. The van der Waals surface area contributed by atoms with Crippen molar-refractivity contribution in [3.8, 4) is 17.2 Å². The van der Waals surface area contributed by atoms with Crippen LogP contribution < -0.4 is 19.5 Å². The number of fused-ring (bicyclic) bond motifs is 1. The Morgan fingerprint density at radius 2 is 1.81 bits per heavy atom. The first kappa shape index (κ1) is 19.0. The van der Waals surface area contributed by atoms with Crippen LogP contribution in [0.2, 0.25) is 0 Å². The normalized spacial score (nSPS) is 10.6. The van der Waals surface area contributed by atoms with E-state index in [0.717, 1.165) is 21.5 Å². The molecule has 2 aromatic carbocycles. The number of anilines is 1. The molecule has 0 fully saturated rings. The molecule has 3 rings (SSSR count). The van der Waals surface area contributed by atoms with E-state index >= 15 is 0 Å². The van der Waals surface area contributed by atoms with Crippen molar-refractivity contribution in [1.82, 2.24) is 4.98 Å². The molecule has 7 heteroatoms. The first-order valence-corrected chi connectivity index (χ1v) is 9.48. The molecule has 0 saturated carbocycles. The second-order valence-corrected chi connectivity index (χ2v) is 6.88. The molecule has 0 aliphatic heterocycles. The quantitative estimate of drug-likeness (QED) is 0.626. The average Bonchev–Trinajstić information content (AvgIpc) is 3.07. The number of ether oxygens (including phenoxy) is 3. The summed E-state index contributed by atoms with van der Waals surface area (Å²) in [7, 11) is 3.21. The molecule has 1 amide bonds. The number of nitrogens with zero attached hydrogens (tertiary/aromatic N) is 1. The van der Waals surface area contributed by atoms with Gasteiger partial charge in [-0.25, -0.2) is 4.98 Å². The molecule has 1 N–H and O–H groups in total. The molecule has 0 aliphatic rings. The summed E-state index contributed by atoms with van der Waals surface area (Å²) in [6, 6.07) is 11.3. The smallest absolute Gasteiger partial charge is 0.226 e. The van der Waals surface area contributed by atoms with Crippen LogP contribution in [0.15, 0.2) is 36.4 Å². The predicted molar refractivity (Wildman–Crippen MR) is 107 cm³/mol. The van der Waals surface area contributed by atoms with E-state index in [1.807, 2.05) is 37.3 Å². The van der Waals surface area contributed by atoms with Crippen molar-refractivity contribution in [1.29, 1.82) is 0 Å². The topological polar surface area (TPSA) is 69.7 Å². The summed E-state index contributed by atoms with van der Waals surface area (Å²) in [6.45, 7) is 2.56. The van der Waals surface area contributed by atoms with Gasteiger partial charge in [0.2, 0.25) is 5.91 Å². The van der Waals surface area contributed by atoms with Gasteiger partial charge >= 0.3 is 0 Å². The Balaban J connectivity index is 1.63. The second-order valence-electron chi connectivity index (χ2n) is 5.85. The maximum Gasteiger partial charge on any atom is 0.226 e. The highest BCUT2D eigenvalue weighted by molar-refractivity contribution is 7.22. The van der Waals surface area contributed by atoms with Gasteiger partial charge in [-0.2, -0.15) is 0 Å². The first-order chi connectivity index (χ1) is 13.1. The molecule has 0 spiro atoms. The summed E-state index contributed by atoms with van der Waals surface area (Å²) in [5.74, 6) is 2.14. The fourth-order valence-electron chi connectivity index (χ4n) is 2.67. The largest absolute Gasteiger partial charge is 0.497 e. The number of carbonyl (C=O) groups excluding carboxylic acids is 1. The lowest BCUT2D eigenvalue weighted by molar-refractivity contribution is -0.116. The highest BCUT2D eigenvalue weighted by atomic mass is 32.1. The Morgan fingerprint density at radius 3 is 2.48 bits per heavy atom. The summed E-state index contributed by atoms with van der Waals surface area (Å²) in [5, 5.41) is 3.47. The maximum atomic E-state index is 12.3. The third-order valence-electron chi connectivity index (χ3n) is 3.97. The minimum Gasteiger partial charge on any atom is -0.497 e. The van der Waals surface area contributed by atoms with Crippen LogP contribution in [0.25, 0.3) is 10.2 Å². The number of rotatable bonds is 8. The fourth-order valence-corrected chi connectivity index (χ4v) is 3.58. The van der Waals surface area contributed by atoms with Crippen LogP contribution in [0.4, 0.5) is 5.13 Å². The minimum atomic E-state index is -0.0825. The minimum absolute atomic E-state index is 0.0825. The Kier molecular flexibility index (Phi) is 6.13. The highest BCUT2D eigenvalue weighted by Gasteiger charge is 2.10. The zero-order valence-electron chi connectivity index (χ0n) is 15.6. The van der Waals surface area contributed by atoms with Crippen molar-refractivity contribution < 1.29 is 19.0 Å². The van der Waals surface area contributed by atoms with Crippen molar-refractivity contribution in [2.75, 3.05) is 26.1 Å². The van der Waals surface area contributed by atoms with Crippen LogP contribution in [-0.2, 0) is 11.2 Å². The van der Waals surface area contributed by atoms with Crippen LogP contribution in [0.3, 0.4) is 0 Å². The average molecular weight is 386 g/mol. The fraction of sp³-hybridized carbons (Fsp3) is 0.300. The van der Waals surface area contributed by atoms with E-state index < -0.39 is 0 Å².